The van der Waals surface area contributed by atoms with Gasteiger partial charge in [-0.15, -0.1) is 0 Å². The van der Waals surface area contributed by atoms with Gasteiger partial charge in [0.15, 0.2) is 11.6 Å². The maximum atomic E-state index is 13.6. The summed E-state index contributed by atoms with van der Waals surface area (Å²) in [4.78, 5) is 12.7. The fourth-order valence-corrected chi connectivity index (χ4v) is 2.70. The molecule has 0 bridgehead atoms. The van der Waals surface area contributed by atoms with Gasteiger partial charge in [-0.1, -0.05) is 6.07 Å². The van der Waals surface area contributed by atoms with Crippen molar-refractivity contribution in [3.05, 3.63) is 34.9 Å². The summed E-state index contributed by atoms with van der Waals surface area (Å²) in [6.45, 7) is 2.02. The van der Waals surface area contributed by atoms with E-state index in [9.17, 15) is 26.7 Å². The zero-order valence-corrected chi connectivity index (χ0v) is 11.3. The molecular formula is C14H14F5NO. The number of alkyl halides is 3. The Morgan fingerprint density at radius 2 is 1.76 bits per heavy atom. The molecule has 1 aliphatic rings. The summed E-state index contributed by atoms with van der Waals surface area (Å²) in [6, 6.07) is 1.71. The number of likely N-dealkylation sites (tertiary alicyclic amines) is 1. The van der Waals surface area contributed by atoms with Crippen molar-refractivity contribution in [2.45, 2.75) is 31.9 Å². The molecule has 0 spiro atoms. The van der Waals surface area contributed by atoms with Gasteiger partial charge in [0.25, 0.3) is 0 Å². The number of carbonyl (C=O) groups excluding carboxylic acids is 1. The number of hydrogen-bond donors (Lipinski definition) is 0. The molecule has 1 aromatic rings. The van der Waals surface area contributed by atoms with Crippen molar-refractivity contribution in [1.82, 2.24) is 4.90 Å². The summed E-state index contributed by atoms with van der Waals surface area (Å²) in [5, 5.41) is 0. The summed E-state index contributed by atoms with van der Waals surface area (Å²) < 4.78 is 65.6. The number of rotatable bonds is 1. The number of benzene rings is 1. The zero-order chi connectivity index (χ0) is 15.8. The summed E-state index contributed by atoms with van der Waals surface area (Å²) in [5.41, 5.74) is -1.76. The van der Waals surface area contributed by atoms with Gasteiger partial charge in [-0.3, -0.25) is 4.79 Å². The molecule has 0 atom stereocenters. The lowest BCUT2D eigenvalue weighted by atomic mass is 9.86. The van der Waals surface area contributed by atoms with E-state index < -0.39 is 29.3 Å². The van der Waals surface area contributed by atoms with Crippen LogP contribution in [-0.4, -0.2) is 23.9 Å². The minimum absolute atomic E-state index is 0.144. The summed E-state index contributed by atoms with van der Waals surface area (Å²) in [7, 11) is 0. The van der Waals surface area contributed by atoms with Crippen molar-refractivity contribution in [2.75, 3.05) is 13.1 Å². The maximum absolute atomic E-state index is 13.6. The Morgan fingerprint density at radius 3 is 2.24 bits per heavy atom. The molecule has 1 amide bonds. The van der Waals surface area contributed by atoms with Gasteiger partial charge >= 0.3 is 6.18 Å². The fraction of sp³-hybridized carbons (Fsp3) is 0.500. The second-order valence-corrected chi connectivity index (χ2v) is 5.10. The Labute approximate surface area is 118 Å². The van der Waals surface area contributed by atoms with Crippen molar-refractivity contribution in [1.29, 1.82) is 0 Å². The normalized spacial score (nSPS) is 17.1. The van der Waals surface area contributed by atoms with E-state index in [0.717, 1.165) is 12.1 Å². The van der Waals surface area contributed by atoms with Gasteiger partial charge in [-0.2, -0.15) is 13.2 Å². The molecule has 21 heavy (non-hydrogen) atoms. The van der Waals surface area contributed by atoms with Gasteiger partial charge in [-0.05, 0) is 30.4 Å². The fourth-order valence-electron chi connectivity index (χ4n) is 2.70. The minimum atomic E-state index is -4.95. The van der Waals surface area contributed by atoms with Crippen LogP contribution in [0.25, 0.3) is 0 Å². The monoisotopic (exact) mass is 307 g/mol. The molecule has 0 radical (unpaired) electrons. The van der Waals surface area contributed by atoms with Gasteiger partial charge in [-0.25, -0.2) is 8.78 Å². The van der Waals surface area contributed by atoms with E-state index in [-0.39, 0.29) is 11.5 Å². The van der Waals surface area contributed by atoms with Crippen LogP contribution in [0.15, 0.2) is 12.1 Å². The first-order chi connectivity index (χ1) is 9.71. The van der Waals surface area contributed by atoms with Gasteiger partial charge in [0.1, 0.15) is 0 Å². The highest BCUT2D eigenvalue weighted by molar-refractivity contribution is 5.73. The highest BCUT2D eigenvalue weighted by Crippen LogP contribution is 2.40. The first kappa shape index (κ1) is 15.7. The lowest BCUT2D eigenvalue weighted by molar-refractivity contribution is -0.141. The van der Waals surface area contributed by atoms with Crippen molar-refractivity contribution in [3.63, 3.8) is 0 Å². The number of hydrogen-bond acceptors (Lipinski definition) is 1. The van der Waals surface area contributed by atoms with E-state index in [1.54, 1.807) is 0 Å². The summed E-state index contributed by atoms with van der Waals surface area (Å²) in [5.74, 6) is -4.04. The Hall–Kier alpha value is -1.66. The third-order valence-corrected chi connectivity index (χ3v) is 3.79. The molecular weight excluding hydrogens is 293 g/mol. The molecule has 1 aromatic carbocycles. The molecule has 0 unspecified atom stereocenters. The van der Waals surface area contributed by atoms with Crippen molar-refractivity contribution in [3.8, 4) is 0 Å². The van der Waals surface area contributed by atoms with Gasteiger partial charge in [0, 0.05) is 20.0 Å². The quantitative estimate of drug-likeness (QED) is 0.724. The molecule has 0 aromatic heterocycles. The van der Waals surface area contributed by atoms with Crippen LogP contribution in [0.4, 0.5) is 22.0 Å². The van der Waals surface area contributed by atoms with Crippen LogP contribution >= 0.6 is 0 Å². The average Bonchev–Trinajstić information content (AvgIpc) is 2.40. The smallest absolute Gasteiger partial charge is 0.343 e. The van der Waals surface area contributed by atoms with E-state index in [0.29, 0.717) is 25.9 Å². The van der Waals surface area contributed by atoms with Crippen LogP contribution in [0.1, 0.15) is 36.8 Å². The minimum Gasteiger partial charge on any atom is -0.343 e. The number of amides is 1. The van der Waals surface area contributed by atoms with E-state index in [1.807, 2.05) is 0 Å². The van der Waals surface area contributed by atoms with E-state index in [4.69, 9.17) is 0 Å². The molecule has 0 aliphatic carbocycles. The SMILES string of the molecule is CC(=O)N1CCC(c2ccc(F)c(F)c2C(F)(F)F)CC1. The Morgan fingerprint density at radius 1 is 1.19 bits per heavy atom. The highest BCUT2D eigenvalue weighted by Gasteiger charge is 2.40. The third-order valence-electron chi connectivity index (χ3n) is 3.79. The molecule has 2 nitrogen and oxygen atoms in total. The first-order valence-electron chi connectivity index (χ1n) is 6.52. The van der Waals surface area contributed by atoms with Crippen LogP contribution in [0.3, 0.4) is 0 Å². The Kier molecular flexibility index (Phi) is 4.20. The number of nitrogens with zero attached hydrogens (tertiary/aromatic N) is 1. The van der Waals surface area contributed by atoms with Gasteiger partial charge < -0.3 is 4.90 Å². The maximum Gasteiger partial charge on any atom is 0.419 e. The predicted molar refractivity (Wildman–Crippen MR) is 65.6 cm³/mol. The second kappa shape index (κ2) is 5.61. The second-order valence-electron chi connectivity index (χ2n) is 5.10. The topological polar surface area (TPSA) is 20.3 Å². The lowest BCUT2D eigenvalue weighted by Crippen LogP contribution is -2.36. The molecule has 0 N–H and O–H groups in total. The Bertz CT molecular complexity index is 547. The largest absolute Gasteiger partial charge is 0.419 e. The average molecular weight is 307 g/mol. The molecule has 116 valence electrons. The number of halogens is 5. The van der Waals surface area contributed by atoms with Crippen LogP contribution in [-0.2, 0) is 11.0 Å². The molecule has 1 heterocycles. The number of carbonyl (C=O) groups is 1. The summed E-state index contributed by atoms with van der Waals surface area (Å²) >= 11 is 0. The van der Waals surface area contributed by atoms with Crippen molar-refractivity contribution >= 4 is 5.91 Å². The molecule has 7 heteroatoms. The lowest BCUT2D eigenvalue weighted by Gasteiger charge is -2.32. The molecule has 1 saturated heterocycles. The summed E-state index contributed by atoms with van der Waals surface area (Å²) in [6.07, 6.45) is -4.35. The molecule has 0 saturated carbocycles. The molecule has 1 fully saturated rings. The third kappa shape index (κ3) is 3.16. The predicted octanol–water partition coefficient (Wildman–Crippen LogP) is 3.71. The van der Waals surface area contributed by atoms with Crippen LogP contribution in [0, 0.1) is 11.6 Å². The van der Waals surface area contributed by atoms with Gasteiger partial charge in [0.05, 0.1) is 5.56 Å². The van der Waals surface area contributed by atoms with E-state index in [1.165, 1.54) is 11.8 Å². The van der Waals surface area contributed by atoms with Crippen LogP contribution in [0.5, 0.6) is 0 Å². The van der Waals surface area contributed by atoms with Gasteiger partial charge in [0.2, 0.25) is 5.91 Å². The van der Waals surface area contributed by atoms with E-state index >= 15 is 0 Å². The number of piperidine rings is 1. The van der Waals surface area contributed by atoms with Crippen LogP contribution in [0.2, 0.25) is 0 Å². The molecule has 1 aliphatic heterocycles. The van der Waals surface area contributed by atoms with Crippen molar-refractivity contribution in [2.24, 2.45) is 0 Å². The first-order valence-corrected chi connectivity index (χ1v) is 6.52. The van der Waals surface area contributed by atoms with E-state index in [2.05, 4.69) is 0 Å². The highest BCUT2D eigenvalue weighted by atomic mass is 19.4. The Balaban J connectivity index is 2.33. The van der Waals surface area contributed by atoms with Crippen molar-refractivity contribution < 1.29 is 26.7 Å². The van der Waals surface area contributed by atoms with Crippen LogP contribution < -0.4 is 0 Å². The zero-order valence-electron chi connectivity index (χ0n) is 11.3. The molecule has 2 rings (SSSR count). The standard InChI is InChI=1S/C14H14F5NO/c1-8(21)20-6-4-9(5-7-20)10-2-3-11(15)13(16)12(10)14(17,18)19/h2-3,9H,4-7H2,1H3.